The molecule has 0 unspecified atom stereocenters. The van der Waals surface area contributed by atoms with Crippen LogP contribution in [0.15, 0.2) is 42.6 Å². The van der Waals surface area contributed by atoms with Gasteiger partial charge >= 0.3 is 6.09 Å². The minimum absolute atomic E-state index is 0.153. The van der Waals surface area contributed by atoms with Crippen molar-refractivity contribution >= 4 is 36.8 Å². The molecule has 0 bridgehead atoms. The molecule has 1 N–H and O–H groups in total. The fraction of sp³-hybridized carbons (Fsp3) is 0.308. The number of halogens is 3. The molecule has 0 radical (unpaired) electrons. The predicted molar refractivity (Wildman–Crippen MR) is 145 cm³/mol. The number of benzene rings is 2. The molecule has 0 aliphatic heterocycles. The van der Waals surface area contributed by atoms with Gasteiger partial charge in [-0.25, -0.2) is 28.2 Å². The molecule has 2 heterocycles. The molecule has 38 heavy (non-hydrogen) atoms. The van der Waals surface area contributed by atoms with Crippen LogP contribution in [0.4, 0.5) is 13.6 Å². The average molecular weight is 560 g/mol. The summed E-state index contributed by atoms with van der Waals surface area (Å²) in [7, 11) is 0.0421. The van der Waals surface area contributed by atoms with Crippen LogP contribution in [-0.4, -0.2) is 57.6 Å². The van der Waals surface area contributed by atoms with Crippen molar-refractivity contribution in [2.24, 2.45) is 0 Å². The molecule has 2 aromatic carbocycles. The zero-order valence-electron chi connectivity index (χ0n) is 21.5. The summed E-state index contributed by atoms with van der Waals surface area (Å²) in [5, 5.41) is 14.3. The molecule has 8 nitrogen and oxygen atoms in total. The van der Waals surface area contributed by atoms with E-state index in [1.807, 2.05) is 0 Å². The molecule has 200 valence electrons. The van der Waals surface area contributed by atoms with Gasteiger partial charge < -0.3 is 14.7 Å². The van der Waals surface area contributed by atoms with Gasteiger partial charge in [0.2, 0.25) is 0 Å². The number of ether oxygens (including phenoxy) is 1. The van der Waals surface area contributed by atoms with Gasteiger partial charge in [-0.3, -0.25) is 0 Å². The molecule has 1 amide bonds. The normalized spacial score (nSPS) is 11.8. The Morgan fingerprint density at radius 1 is 1.16 bits per heavy atom. The average Bonchev–Trinajstić information content (AvgIpc) is 3.19. The Kier molecular flexibility index (Phi) is 8.10. The molecule has 12 heteroatoms. The number of fused-ring (bicyclic) bond motifs is 1. The van der Waals surface area contributed by atoms with E-state index in [1.54, 1.807) is 28.9 Å². The summed E-state index contributed by atoms with van der Waals surface area (Å²) in [6.45, 7) is 7.39. The maximum absolute atomic E-state index is 15.1. The number of carbonyl (C=O) groups is 1. The summed E-state index contributed by atoms with van der Waals surface area (Å²) in [5.74, 6) is -1.94. The van der Waals surface area contributed by atoms with Crippen molar-refractivity contribution in [3.05, 3.63) is 64.8 Å². The van der Waals surface area contributed by atoms with Crippen molar-refractivity contribution in [3.63, 3.8) is 0 Å². The summed E-state index contributed by atoms with van der Waals surface area (Å²) in [5.41, 5.74) is 1.93. The van der Waals surface area contributed by atoms with Gasteiger partial charge in [-0.2, -0.15) is 5.10 Å². The third kappa shape index (κ3) is 6.34. The van der Waals surface area contributed by atoms with Gasteiger partial charge in [0.15, 0.2) is 5.82 Å². The summed E-state index contributed by atoms with van der Waals surface area (Å²) in [6, 6.07) is 10.2. The maximum atomic E-state index is 15.1. The van der Waals surface area contributed by atoms with E-state index in [2.05, 4.69) is 34.7 Å². The summed E-state index contributed by atoms with van der Waals surface area (Å²) < 4.78 is 37.7. The topological polar surface area (TPSA) is 93.4 Å². The SMILES string of the molecule is CN(Cc1cc(F)c(-c2ncc3c(n2)c(-c2ccc(Cl)cc2)nn3COCC[Si](C)(C)C)c(F)c1)C(=O)O. The first-order valence-electron chi connectivity index (χ1n) is 11.9. The number of hydrogen-bond donors (Lipinski definition) is 1. The first-order valence-corrected chi connectivity index (χ1v) is 16.0. The van der Waals surface area contributed by atoms with Crippen molar-refractivity contribution in [1.82, 2.24) is 24.6 Å². The lowest BCUT2D eigenvalue weighted by Crippen LogP contribution is -2.24. The molecule has 0 atom stereocenters. The smallest absolute Gasteiger partial charge is 0.407 e. The number of rotatable bonds is 9. The van der Waals surface area contributed by atoms with E-state index >= 15 is 8.78 Å². The first kappa shape index (κ1) is 27.6. The van der Waals surface area contributed by atoms with E-state index in [-0.39, 0.29) is 24.7 Å². The molecule has 2 aromatic heterocycles. The Hall–Kier alpha value is -3.41. The van der Waals surface area contributed by atoms with Gasteiger partial charge in [0, 0.05) is 38.9 Å². The third-order valence-electron chi connectivity index (χ3n) is 5.89. The number of hydrogen-bond acceptors (Lipinski definition) is 5. The Bertz CT molecular complexity index is 1450. The highest BCUT2D eigenvalue weighted by Crippen LogP contribution is 2.31. The van der Waals surface area contributed by atoms with Crippen molar-refractivity contribution in [3.8, 4) is 22.6 Å². The standard InChI is InChI=1S/C26H28ClF2N5O3Si/c1-33(26(35)36)14-16-11-19(28)22(20(29)12-16)25-30-13-21-24(31-25)23(17-5-7-18(27)8-6-17)32-34(21)15-37-9-10-38(2,3)4/h5-8,11-13H,9-10,14-15H2,1-4H3,(H,35,36). The van der Waals surface area contributed by atoms with E-state index in [0.717, 1.165) is 28.6 Å². The van der Waals surface area contributed by atoms with Gasteiger partial charge in [-0.15, -0.1) is 0 Å². The van der Waals surface area contributed by atoms with Crippen LogP contribution in [0.2, 0.25) is 30.7 Å². The number of nitrogens with zero attached hydrogens (tertiary/aromatic N) is 5. The van der Waals surface area contributed by atoms with Gasteiger partial charge in [-0.05, 0) is 35.9 Å². The lowest BCUT2D eigenvalue weighted by molar-refractivity contribution is 0.0818. The van der Waals surface area contributed by atoms with Crippen LogP contribution in [-0.2, 0) is 18.0 Å². The second kappa shape index (κ2) is 11.1. The zero-order chi connectivity index (χ0) is 27.6. The van der Waals surface area contributed by atoms with Gasteiger partial charge in [-0.1, -0.05) is 43.4 Å². The van der Waals surface area contributed by atoms with Crippen molar-refractivity contribution < 1.29 is 23.4 Å². The summed E-state index contributed by atoms with van der Waals surface area (Å²) in [6.07, 6.45) is 0.261. The summed E-state index contributed by atoms with van der Waals surface area (Å²) in [4.78, 5) is 20.8. The zero-order valence-corrected chi connectivity index (χ0v) is 23.3. The molecule has 4 rings (SSSR count). The van der Waals surface area contributed by atoms with E-state index in [1.165, 1.54) is 13.2 Å². The fourth-order valence-electron chi connectivity index (χ4n) is 3.78. The van der Waals surface area contributed by atoms with Crippen molar-refractivity contribution in [1.29, 1.82) is 0 Å². The van der Waals surface area contributed by atoms with E-state index < -0.39 is 31.4 Å². The third-order valence-corrected chi connectivity index (χ3v) is 7.85. The van der Waals surface area contributed by atoms with Crippen LogP contribution in [0.1, 0.15) is 5.56 Å². The van der Waals surface area contributed by atoms with Crippen LogP contribution >= 0.6 is 11.6 Å². The fourth-order valence-corrected chi connectivity index (χ4v) is 4.67. The van der Waals surface area contributed by atoms with Gasteiger partial charge in [0.05, 0.1) is 11.8 Å². The Labute approximate surface area is 224 Å². The number of aromatic nitrogens is 4. The molecule has 0 spiro atoms. The van der Waals surface area contributed by atoms with Gasteiger partial charge in [0.25, 0.3) is 0 Å². The van der Waals surface area contributed by atoms with Gasteiger partial charge in [0.1, 0.15) is 35.1 Å². The highest BCUT2D eigenvalue weighted by atomic mass is 35.5. The van der Waals surface area contributed by atoms with E-state index in [9.17, 15) is 4.79 Å². The lowest BCUT2D eigenvalue weighted by atomic mass is 10.1. The quantitative estimate of drug-likeness (QED) is 0.185. The highest BCUT2D eigenvalue weighted by Gasteiger charge is 2.21. The molecular weight excluding hydrogens is 532 g/mol. The predicted octanol–water partition coefficient (Wildman–Crippen LogP) is 6.51. The lowest BCUT2D eigenvalue weighted by Gasteiger charge is -2.15. The van der Waals surface area contributed by atoms with E-state index in [4.69, 9.17) is 21.4 Å². The molecular formula is C26H28ClF2N5O3Si. The maximum Gasteiger partial charge on any atom is 0.407 e. The van der Waals surface area contributed by atoms with E-state index in [0.29, 0.717) is 28.4 Å². The second-order valence-electron chi connectivity index (χ2n) is 10.2. The van der Waals surface area contributed by atoms with Crippen LogP contribution in [0.25, 0.3) is 33.7 Å². The minimum atomic E-state index is -1.27. The molecule has 0 aliphatic carbocycles. The van der Waals surface area contributed by atoms with Crippen LogP contribution in [0.3, 0.4) is 0 Å². The molecule has 0 aliphatic rings. The number of amides is 1. The Balaban J connectivity index is 1.74. The second-order valence-corrected chi connectivity index (χ2v) is 16.3. The van der Waals surface area contributed by atoms with Crippen LogP contribution in [0.5, 0.6) is 0 Å². The first-order chi connectivity index (χ1) is 17.9. The Morgan fingerprint density at radius 2 is 1.82 bits per heavy atom. The molecule has 0 fully saturated rings. The highest BCUT2D eigenvalue weighted by molar-refractivity contribution is 6.76. The molecule has 0 saturated heterocycles. The Morgan fingerprint density at radius 3 is 2.42 bits per heavy atom. The summed E-state index contributed by atoms with van der Waals surface area (Å²) >= 11 is 6.06. The number of carboxylic acid groups (broad SMARTS) is 1. The van der Waals surface area contributed by atoms with Crippen LogP contribution in [0, 0.1) is 11.6 Å². The minimum Gasteiger partial charge on any atom is -0.465 e. The van der Waals surface area contributed by atoms with Crippen LogP contribution < -0.4 is 0 Å². The van der Waals surface area contributed by atoms with Crippen molar-refractivity contribution in [2.75, 3.05) is 13.7 Å². The van der Waals surface area contributed by atoms with Crippen molar-refractivity contribution in [2.45, 2.75) is 39.0 Å². The largest absolute Gasteiger partial charge is 0.465 e. The monoisotopic (exact) mass is 559 g/mol. The molecule has 0 saturated carbocycles. The molecule has 4 aromatic rings.